The third kappa shape index (κ3) is 152. The Labute approximate surface area is 96.2 Å². The summed E-state index contributed by atoms with van der Waals surface area (Å²) < 4.78 is 20.2. The molecule has 8 nitrogen and oxygen atoms in total. The second-order valence-corrected chi connectivity index (χ2v) is 1.23. The van der Waals surface area contributed by atoms with Gasteiger partial charge in [-0.1, -0.05) is 0 Å². The molecule has 0 amide bonds. The van der Waals surface area contributed by atoms with Crippen molar-refractivity contribution in [3.8, 4) is 0 Å². The summed E-state index contributed by atoms with van der Waals surface area (Å²) in [6.07, 6.45) is 0. The molecular weight excluding hydrogens is 219 g/mol. The molecule has 0 radical (unpaired) electrons. The Balaban J connectivity index is -0.0000000367. The fourth-order valence-electron chi connectivity index (χ4n) is 0. The summed E-state index contributed by atoms with van der Waals surface area (Å²) in [4.78, 5) is 18.2. The molecule has 0 bridgehead atoms. The molecule has 0 aliphatic heterocycles. The molecule has 0 saturated carbocycles. The summed E-state index contributed by atoms with van der Waals surface area (Å²) in [7, 11) is -5.33. The summed E-state index contributed by atoms with van der Waals surface area (Å²) in [5.41, 5.74) is 0. The van der Waals surface area contributed by atoms with Gasteiger partial charge in [-0.15, -0.1) is 0 Å². The molecule has 0 atom stereocenters. The van der Waals surface area contributed by atoms with Gasteiger partial charge in [0.15, 0.2) is 0 Å². The Kier molecular flexibility index (Phi) is 25.2. The number of carboxylic acids is 2. The Hall–Kier alpha value is -0.633. The Morgan fingerprint density at radius 3 is 0.933 bits per heavy atom. The SMILES string of the molecule is O=C(O)C(=O)O.OB(O)F.OB(O)F.[H-].[Li+]. The first-order chi connectivity index (χ1) is 6.11. The molecule has 0 aliphatic rings. The number of rotatable bonds is 0. The molecule has 0 aromatic rings. The maximum Gasteiger partial charge on any atom is 1.00 e. The summed E-state index contributed by atoms with van der Waals surface area (Å²) in [6, 6.07) is 0. The van der Waals surface area contributed by atoms with Crippen LogP contribution in [0.2, 0.25) is 0 Å². The van der Waals surface area contributed by atoms with Crippen molar-refractivity contribution in [2.45, 2.75) is 0 Å². The van der Waals surface area contributed by atoms with Gasteiger partial charge in [-0.3, -0.25) is 8.63 Å². The number of halogens is 2. The molecule has 0 heterocycles. The van der Waals surface area contributed by atoms with E-state index >= 15 is 0 Å². The van der Waals surface area contributed by atoms with Gasteiger partial charge < -0.3 is 31.7 Å². The zero-order chi connectivity index (χ0) is 12.3. The summed E-state index contributed by atoms with van der Waals surface area (Å²) in [6.45, 7) is 0. The Bertz CT molecular complexity index is 149. The number of carbonyl (C=O) groups is 2. The molecule has 6 N–H and O–H groups in total. The maximum absolute atomic E-state index is 10.1. The van der Waals surface area contributed by atoms with E-state index in [9.17, 15) is 8.63 Å². The van der Waals surface area contributed by atoms with Crippen LogP contribution in [0, 0.1) is 0 Å². The van der Waals surface area contributed by atoms with Gasteiger partial charge in [0.1, 0.15) is 0 Å². The van der Waals surface area contributed by atoms with E-state index in [0.29, 0.717) is 0 Å². The van der Waals surface area contributed by atoms with E-state index in [1.807, 2.05) is 0 Å². The Morgan fingerprint density at radius 1 is 0.867 bits per heavy atom. The van der Waals surface area contributed by atoms with E-state index in [-0.39, 0.29) is 20.3 Å². The summed E-state index contributed by atoms with van der Waals surface area (Å²) in [5, 5.41) is 42.6. The minimum Gasteiger partial charge on any atom is -1.00 e. The predicted octanol–water partition coefficient (Wildman–Crippen LogP) is -5.88. The van der Waals surface area contributed by atoms with E-state index in [4.69, 9.17) is 39.9 Å². The van der Waals surface area contributed by atoms with Crippen LogP contribution in [0.25, 0.3) is 0 Å². The van der Waals surface area contributed by atoms with Crippen LogP contribution in [-0.2, 0) is 9.59 Å². The van der Waals surface area contributed by atoms with E-state index in [0.717, 1.165) is 0 Å². The first-order valence-electron chi connectivity index (χ1n) is 2.57. The van der Waals surface area contributed by atoms with E-state index in [1.165, 1.54) is 0 Å². The van der Waals surface area contributed by atoms with Crippen LogP contribution < -0.4 is 18.9 Å². The normalized spacial score (nSPS) is 6.53. The second-order valence-electron chi connectivity index (χ2n) is 1.23. The van der Waals surface area contributed by atoms with Crippen LogP contribution in [0.15, 0.2) is 0 Å². The van der Waals surface area contributed by atoms with Crippen molar-refractivity contribution >= 4 is 26.7 Å². The van der Waals surface area contributed by atoms with E-state index < -0.39 is 26.7 Å². The van der Waals surface area contributed by atoms with Gasteiger partial charge in [0, 0.05) is 0 Å². The predicted molar refractivity (Wildman–Crippen MR) is 39.0 cm³/mol. The van der Waals surface area contributed by atoms with Crippen molar-refractivity contribution in [3.63, 3.8) is 0 Å². The fourth-order valence-corrected chi connectivity index (χ4v) is 0. The molecule has 0 spiro atoms. The smallest absolute Gasteiger partial charge is 1.00 e. The first kappa shape index (κ1) is 23.9. The van der Waals surface area contributed by atoms with Crippen LogP contribution in [0.1, 0.15) is 1.43 Å². The topological polar surface area (TPSA) is 156 Å². The van der Waals surface area contributed by atoms with Crippen LogP contribution in [0.5, 0.6) is 0 Å². The van der Waals surface area contributed by atoms with Gasteiger partial charge in [-0.25, -0.2) is 9.59 Å². The monoisotopic (exact) mass is 226 g/mol. The third-order valence-electron chi connectivity index (χ3n) is 0.183. The molecule has 0 fully saturated rings. The van der Waals surface area contributed by atoms with Crippen molar-refractivity contribution in [2.24, 2.45) is 0 Å². The maximum atomic E-state index is 10.1. The van der Waals surface area contributed by atoms with Gasteiger partial charge in [0.25, 0.3) is 0 Å². The largest absolute Gasteiger partial charge is 1.00 e. The van der Waals surface area contributed by atoms with Crippen LogP contribution >= 0.6 is 0 Å². The minimum absolute atomic E-state index is 0. The van der Waals surface area contributed by atoms with Gasteiger partial charge >= 0.3 is 45.6 Å². The quantitative estimate of drug-likeness (QED) is 0.176. The average molecular weight is 226 g/mol. The van der Waals surface area contributed by atoms with Gasteiger partial charge in [0.2, 0.25) is 0 Å². The standard InChI is InChI=1S/C2H2O4.2BFH2O2.Li.H/c3-1(4)2(5)6;2*2-1(3)4;;/h(H,3,4)(H,5,6);2*3-4H;;/q;;;+1;-1. The van der Waals surface area contributed by atoms with E-state index in [1.54, 1.807) is 0 Å². The molecular formula is C2H7B2F2LiO8. The number of hydrogen-bond acceptors (Lipinski definition) is 6. The van der Waals surface area contributed by atoms with E-state index in [2.05, 4.69) is 0 Å². The van der Waals surface area contributed by atoms with Crippen molar-refractivity contribution in [1.82, 2.24) is 0 Å². The van der Waals surface area contributed by atoms with Crippen molar-refractivity contribution in [3.05, 3.63) is 0 Å². The van der Waals surface area contributed by atoms with Gasteiger partial charge in [-0.05, 0) is 0 Å². The molecule has 0 aliphatic carbocycles. The number of hydrogen-bond donors (Lipinski definition) is 6. The molecule has 0 saturated heterocycles. The molecule has 0 rings (SSSR count). The van der Waals surface area contributed by atoms with Crippen LogP contribution in [-0.4, -0.2) is 57.0 Å². The zero-order valence-corrected chi connectivity index (χ0v) is 7.41. The molecule has 0 aromatic heterocycles. The molecule has 84 valence electrons. The molecule has 13 heteroatoms. The van der Waals surface area contributed by atoms with Crippen LogP contribution in [0.3, 0.4) is 0 Å². The van der Waals surface area contributed by atoms with Crippen LogP contribution in [0.4, 0.5) is 8.63 Å². The molecule has 0 aromatic carbocycles. The second kappa shape index (κ2) is 15.8. The number of aliphatic carboxylic acids is 2. The van der Waals surface area contributed by atoms with Gasteiger partial charge in [-0.2, -0.15) is 0 Å². The summed E-state index contributed by atoms with van der Waals surface area (Å²) >= 11 is 0. The minimum atomic E-state index is -2.67. The molecule has 0 unspecified atom stereocenters. The average Bonchev–Trinajstić information content (AvgIpc) is 1.83. The molecule has 15 heavy (non-hydrogen) atoms. The first-order valence-corrected chi connectivity index (χ1v) is 2.57. The number of carboxylic acid groups (broad SMARTS) is 2. The van der Waals surface area contributed by atoms with Crippen molar-refractivity contribution in [1.29, 1.82) is 0 Å². The fraction of sp³-hybridized carbons (Fsp3) is 0. The van der Waals surface area contributed by atoms with Crippen molar-refractivity contribution < 1.29 is 68.8 Å². The zero-order valence-electron chi connectivity index (χ0n) is 8.41. The van der Waals surface area contributed by atoms with Gasteiger partial charge in [0.05, 0.1) is 0 Å². The van der Waals surface area contributed by atoms with Crippen molar-refractivity contribution in [2.75, 3.05) is 0 Å². The third-order valence-corrected chi connectivity index (χ3v) is 0.183. The Morgan fingerprint density at radius 2 is 0.933 bits per heavy atom. The summed E-state index contributed by atoms with van der Waals surface area (Å²) in [5.74, 6) is -3.65.